The third kappa shape index (κ3) is 2.54. The van der Waals surface area contributed by atoms with Gasteiger partial charge in [-0.2, -0.15) is 5.26 Å². The number of halogens is 1. The van der Waals surface area contributed by atoms with Crippen molar-refractivity contribution in [3.8, 4) is 6.07 Å². The Kier molecular flexibility index (Phi) is 3.70. The first-order chi connectivity index (χ1) is 7.82. The second kappa shape index (κ2) is 4.69. The number of nitrogens with zero attached hydrogens (tertiary/aromatic N) is 2. The molecule has 6 nitrogen and oxygen atoms in total. The highest BCUT2D eigenvalue weighted by atomic mass is 35.7. The van der Waals surface area contributed by atoms with Gasteiger partial charge in [0.1, 0.15) is 11.6 Å². The van der Waals surface area contributed by atoms with E-state index in [1.807, 2.05) is 0 Å². The molecule has 0 N–H and O–H groups in total. The van der Waals surface area contributed by atoms with Crippen LogP contribution in [0.1, 0.15) is 18.1 Å². The lowest BCUT2D eigenvalue weighted by Gasteiger charge is -2.06. The molecule has 0 atom stereocenters. The van der Waals surface area contributed by atoms with E-state index in [1.165, 1.54) is 12.1 Å². The largest absolute Gasteiger partial charge is 0.307 e. The van der Waals surface area contributed by atoms with Gasteiger partial charge in [0.15, 0.2) is 4.90 Å². The Morgan fingerprint density at radius 3 is 2.47 bits per heavy atom. The second-order valence-corrected chi connectivity index (χ2v) is 5.61. The summed E-state index contributed by atoms with van der Waals surface area (Å²) in [6.45, 7) is 1.64. The summed E-state index contributed by atoms with van der Waals surface area (Å²) < 4.78 is 22.7. The third-order valence-corrected chi connectivity index (χ3v) is 3.55. The molecule has 0 saturated carbocycles. The molecule has 0 aliphatic carbocycles. The van der Waals surface area contributed by atoms with E-state index < -0.39 is 24.6 Å². The number of benzene rings is 1. The molecule has 0 unspecified atom stereocenters. The molecule has 1 aromatic rings. The van der Waals surface area contributed by atoms with E-state index in [-0.39, 0.29) is 17.5 Å². The van der Waals surface area contributed by atoms with Crippen LogP contribution in [0.15, 0.2) is 17.0 Å². The van der Waals surface area contributed by atoms with Gasteiger partial charge in [-0.3, -0.25) is 10.1 Å². The minimum atomic E-state index is -4.27. The average Bonchev–Trinajstić information content (AvgIpc) is 2.25. The molecule has 0 heterocycles. The van der Waals surface area contributed by atoms with Crippen molar-refractivity contribution in [3.05, 3.63) is 33.4 Å². The van der Waals surface area contributed by atoms with E-state index in [2.05, 4.69) is 0 Å². The topological polar surface area (TPSA) is 101 Å². The van der Waals surface area contributed by atoms with Crippen LogP contribution < -0.4 is 0 Å². The molecule has 0 spiro atoms. The van der Waals surface area contributed by atoms with Crippen LogP contribution in [0.4, 0.5) is 5.69 Å². The van der Waals surface area contributed by atoms with Crippen molar-refractivity contribution >= 4 is 25.4 Å². The molecule has 0 aromatic heterocycles. The summed E-state index contributed by atoms with van der Waals surface area (Å²) in [5, 5.41) is 19.6. The van der Waals surface area contributed by atoms with Crippen molar-refractivity contribution in [1.82, 2.24) is 0 Å². The first kappa shape index (κ1) is 13.4. The van der Waals surface area contributed by atoms with Gasteiger partial charge in [0.25, 0.3) is 9.05 Å². The zero-order valence-corrected chi connectivity index (χ0v) is 10.2. The summed E-state index contributed by atoms with van der Waals surface area (Å²) in [6.07, 6.45) is 0.258. The number of nitriles is 1. The maximum Gasteiger partial charge on any atom is 0.307 e. The van der Waals surface area contributed by atoms with Crippen molar-refractivity contribution in [3.63, 3.8) is 0 Å². The molecule has 0 fully saturated rings. The molecular formula is C9H7ClN2O4S. The third-order valence-electron chi connectivity index (χ3n) is 2.14. The van der Waals surface area contributed by atoms with Crippen molar-refractivity contribution < 1.29 is 13.3 Å². The van der Waals surface area contributed by atoms with Crippen LogP contribution in [-0.2, 0) is 15.5 Å². The summed E-state index contributed by atoms with van der Waals surface area (Å²) in [5.41, 5.74) is -0.876. The number of nitro benzene ring substituents is 1. The van der Waals surface area contributed by atoms with Gasteiger partial charge in [-0.05, 0) is 18.1 Å². The normalized spacial score (nSPS) is 10.9. The van der Waals surface area contributed by atoms with Crippen LogP contribution in [0, 0.1) is 21.4 Å². The molecule has 0 saturated heterocycles. The summed E-state index contributed by atoms with van der Waals surface area (Å²) >= 11 is 0. The predicted molar refractivity (Wildman–Crippen MR) is 60.2 cm³/mol. The first-order valence-corrected chi connectivity index (χ1v) is 6.78. The molecule has 0 aliphatic heterocycles. The van der Waals surface area contributed by atoms with E-state index in [0.29, 0.717) is 0 Å². The quantitative estimate of drug-likeness (QED) is 0.476. The van der Waals surface area contributed by atoms with Crippen LogP contribution >= 0.6 is 10.7 Å². The molecule has 0 bridgehead atoms. The van der Waals surface area contributed by atoms with Gasteiger partial charge >= 0.3 is 5.69 Å². The summed E-state index contributed by atoms with van der Waals surface area (Å²) in [6, 6.07) is 4.13. The Morgan fingerprint density at radius 1 is 1.53 bits per heavy atom. The summed E-state index contributed by atoms with van der Waals surface area (Å²) in [4.78, 5) is 9.35. The summed E-state index contributed by atoms with van der Waals surface area (Å²) in [7, 11) is 0.905. The lowest BCUT2D eigenvalue weighted by molar-refractivity contribution is -0.388. The van der Waals surface area contributed by atoms with E-state index in [9.17, 15) is 18.5 Å². The predicted octanol–water partition coefficient (Wildman–Crippen LogP) is 1.96. The van der Waals surface area contributed by atoms with Crippen LogP contribution in [0.2, 0.25) is 0 Å². The van der Waals surface area contributed by atoms with Gasteiger partial charge in [-0.1, -0.05) is 13.0 Å². The highest BCUT2D eigenvalue weighted by molar-refractivity contribution is 8.13. The number of hydrogen-bond acceptors (Lipinski definition) is 5. The lowest BCUT2D eigenvalue weighted by Crippen LogP contribution is -2.05. The Bertz CT molecular complexity index is 619. The van der Waals surface area contributed by atoms with Gasteiger partial charge in [0.2, 0.25) is 0 Å². The molecule has 1 aromatic carbocycles. The molecule has 90 valence electrons. The molecule has 0 radical (unpaired) electrons. The SMILES string of the molecule is CCc1ccc(C#N)c([N+](=O)[O-])c1S(=O)(=O)Cl. The highest BCUT2D eigenvalue weighted by Crippen LogP contribution is 2.33. The van der Waals surface area contributed by atoms with Gasteiger partial charge in [0, 0.05) is 10.7 Å². The fourth-order valence-electron chi connectivity index (χ4n) is 1.43. The Labute approximate surface area is 102 Å². The van der Waals surface area contributed by atoms with E-state index in [1.54, 1.807) is 13.0 Å². The number of hydrogen-bond donors (Lipinski definition) is 0. The standard InChI is InChI=1S/C9H7ClN2O4S/c1-2-6-3-4-7(5-11)8(12(13)14)9(6)17(10,15)16/h3-4H,2H2,1H3. The van der Waals surface area contributed by atoms with Crippen molar-refractivity contribution in [2.24, 2.45) is 0 Å². The van der Waals surface area contributed by atoms with Crippen molar-refractivity contribution in [1.29, 1.82) is 5.26 Å². The average molecular weight is 275 g/mol. The van der Waals surface area contributed by atoms with Crippen molar-refractivity contribution in [2.75, 3.05) is 0 Å². The fraction of sp³-hybridized carbons (Fsp3) is 0.222. The molecule has 8 heteroatoms. The van der Waals surface area contributed by atoms with Crippen LogP contribution in [0.25, 0.3) is 0 Å². The minimum absolute atomic E-state index is 0.214. The first-order valence-electron chi connectivity index (χ1n) is 4.48. The van der Waals surface area contributed by atoms with Crippen molar-refractivity contribution in [2.45, 2.75) is 18.2 Å². The van der Waals surface area contributed by atoms with Crippen LogP contribution in [0.5, 0.6) is 0 Å². The van der Waals surface area contributed by atoms with E-state index in [0.717, 1.165) is 0 Å². The monoisotopic (exact) mass is 274 g/mol. The zero-order chi connectivity index (χ0) is 13.2. The Balaban J connectivity index is 3.86. The fourth-order valence-corrected chi connectivity index (χ4v) is 2.89. The van der Waals surface area contributed by atoms with Gasteiger partial charge in [-0.25, -0.2) is 8.42 Å². The Hall–Kier alpha value is -1.65. The second-order valence-electron chi connectivity index (χ2n) is 3.11. The smallest absolute Gasteiger partial charge is 0.258 e. The van der Waals surface area contributed by atoms with Crippen LogP contribution in [0.3, 0.4) is 0 Å². The van der Waals surface area contributed by atoms with Crippen LogP contribution in [-0.4, -0.2) is 13.3 Å². The Morgan fingerprint density at radius 2 is 2.12 bits per heavy atom. The van der Waals surface area contributed by atoms with Gasteiger partial charge in [0.05, 0.1) is 4.92 Å². The van der Waals surface area contributed by atoms with Gasteiger partial charge in [-0.15, -0.1) is 0 Å². The lowest BCUT2D eigenvalue weighted by atomic mass is 10.1. The molecule has 17 heavy (non-hydrogen) atoms. The molecular weight excluding hydrogens is 268 g/mol. The van der Waals surface area contributed by atoms with E-state index in [4.69, 9.17) is 15.9 Å². The zero-order valence-electron chi connectivity index (χ0n) is 8.68. The van der Waals surface area contributed by atoms with Gasteiger partial charge < -0.3 is 0 Å². The molecule has 0 aliphatic rings. The summed E-state index contributed by atoms with van der Waals surface area (Å²) in [5.74, 6) is 0. The highest BCUT2D eigenvalue weighted by Gasteiger charge is 2.30. The minimum Gasteiger partial charge on any atom is -0.258 e. The number of aryl methyl sites for hydroxylation is 1. The molecule has 0 amide bonds. The maximum absolute atomic E-state index is 11.4. The number of nitro groups is 1. The van der Waals surface area contributed by atoms with E-state index >= 15 is 0 Å². The molecule has 1 rings (SSSR count). The maximum atomic E-state index is 11.4. The number of rotatable bonds is 3.